The summed E-state index contributed by atoms with van der Waals surface area (Å²) < 4.78 is 0. The number of benzene rings is 1. The molecule has 2 unspecified atom stereocenters. The first kappa shape index (κ1) is 18.4. The van der Waals surface area contributed by atoms with Gasteiger partial charge in [0.05, 0.1) is 24.2 Å². The van der Waals surface area contributed by atoms with Crippen LogP contribution in [-0.4, -0.2) is 35.3 Å². The van der Waals surface area contributed by atoms with E-state index in [1.54, 1.807) is 6.20 Å². The summed E-state index contributed by atoms with van der Waals surface area (Å²) in [5.41, 5.74) is 2.16. The molecule has 28 heavy (non-hydrogen) atoms. The van der Waals surface area contributed by atoms with E-state index in [4.69, 9.17) is 11.6 Å². The average Bonchev–Trinajstić information content (AvgIpc) is 3.29. The number of nitrogens with one attached hydrogen (secondary N) is 3. The van der Waals surface area contributed by atoms with Crippen molar-refractivity contribution in [2.45, 2.75) is 25.9 Å². The van der Waals surface area contributed by atoms with Gasteiger partial charge in [0.1, 0.15) is 5.82 Å². The van der Waals surface area contributed by atoms with Crippen LogP contribution in [0.4, 0.5) is 17.5 Å². The van der Waals surface area contributed by atoms with Gasteiger partial charge < -0.3 is 25.8 Å². The predicted molar refractivity (Wildman–Crippen MR) is 114 cm³/mol. The number of halogens is 1. The highest BCUT2D eigenvalue weighted by atomic mass is 35.5. The minimum absolute atomic E-state index is 0.0337. The molecule has 0 saturated carbocycles. The molecule has 3 heterocycles. The minimum Gasteiger partial charge on any atom is -0.368 e. The molecule has 2 atom stereocenters. The smallest absolute Gasteiger partial charge is 0.225 e. The quantitative estimate of drug-likeness (QED) is 0.716. The molecule has 7 nitrogen and oxygen atoms in total. The van der Waals surface area contributed by atoms with E-state index in [0.717, 1.165) is 34.6 Å². The minimum atomic E-state index is 0.0337. The second-order valence-electron chi connectivity index (χ2n) is 7.07. The molecule has 1 saturated heterocycles. The molecule has 1 fully saturated rings. The monoisotopic (exact) mass is 397 g/mol. The first-order valence-corrected chi connectivity index (χ1v) is 9.68. The summed E-state index contributed by atoms with van der Waals surface area (Å²) >= 11 is 5.98. The van der Waals surface area contributed by atoms with E-state index in [2.05, 4.69) is 62.3 Å². The Morgan fingerprint density at radius 1 is 1.29 bits per heavy atom. The molecule has 146 valence electrons. The van der Waals surface area contributed by atoms with E-state index in [9.17, 15) is 0 Å². The van der Waals surface area contributed by atoms with Gasteiger partial charge in [-0.1, -0.05) is 18.2 Å². The molecule has 0 aliphatic carbocycles. The highest BCUT2D eigenvalue weighted by Gasteiger charge is 2.24. The van der Waals surface area contributed by atoms with Crippen LogP contribution in [0.1, 0.15) is 13.8 Å². The second kappa shape index (κ2) is 7.59. The number of rotatable bonds is 5. The van der Waals surface area contributed by atoms with Crippen molar-refractivity contribution in [3.8, 4) is 0 Å². The van der Waals surface area contributed by atoms with Crippen molar-refractivity contribution < 1.29 is 0 Å². The van der Waals surface area contributed by atoms with Gasteiger partial charge in [0.2, 0.25) is 5.95 Å². The normalized spacial score (nSPS) is 19.9. The standard InChI is InChI=1S/C20H24ClN7/c1-13-10-28(15(3)24-13)19-8-9-22-20(26-19)25-14(2)18-11-27(12-23-18)17-6-4-16(21)5-7-17/h4-9,11,13-14,23-24H,3,10,12H2,1-2H3,(H,22,25,26). The van der Waals surface area contributed by atoms with Gasteiger partial charge in [-0.2, -0.15) is 4.98 Å². The number of aromatic nitrogens is 2. The maximum Gasteiger partial charge on any atom is 0.225 e. The third-order valence-corrected chi connectivity index (χ3v) is 5.08. The zero-order chi connectivity index (χ0) is 19.7. The van der Waals surface area contributed by atoms with E-state index in [-0.39, 0.29) is 6.04 Å². The average molecular weight is 398 g/mol. The fourth-order valence-electron chi connectivity index (χ4n) is 3.36. The van der Waals surface area contributed by atoms with Crippen molar-refractivity contribution >= 4 is 29.1 Å². The summed E-state index contributed by atoms with van der Waals surface area (Å²) in [6, 6.07) is 10.1. The zero-order valence-corrected chi connectivity index (χ0v) is 16.7. The Balaban J connectivity index is 1.44. The molecular weight excluding hydrogens is 374 g/mol. The molecule has 0 bridgehead atoms. The molecule has 2 aliphatic heterocycles. The molecule has 2 aliphatic rings. The third-order valence-electron chi connectivity index (χ3n) is 4.83. The lowest BCUT2D eigenvalue weighted by Crippen LogP contribution is -2.28. The SMILES string of the molecule is C=C1NC(C)CN1c1ccnc(NC(C)C2=CN(c3ccc(Cl)cc3)CN2)n1. The predicted octanol–water partition coefficient (Wildman–Crippen LogP) is 3.11. The summed E-state index contributed by atoms with van der Waals surface area (Å²) in [5.74, 6) is 2.29. The summed E-state index contributed by atoms with van der Waals surface area (Å²) in [6.45, 7) is 9.82. The van der Waals surface area contributed by atoms with Crippen molar-refractivity contribution in [3.63, 3.8) is 0 Å². The van der Waals surface area contributed by atoms with E-state index < -0.39 is 0 Å². The van der Waals surface area contributed by atoms with Crippen LogP contribution in [0.5, 0.6) is 0 Å². The fraction of sp³-hybridized carbons (Fsp3) is 0.300. The van der Waals surface area contributed by atoms with Crippen molar-refractivity contribution in [3.05, 3.63) is 65.8 Å². The van der Waals surface area contributed by atoms with Crippen LogP contribution in [0.3, 0.4) is 0 Å². The molecule has 2 aromatic rings. The lowest BCUT2D eigenvalue weighted by molar-refractivity contribution is 0.720. The van der Waals surface area contributed by atoms with Gasteiger partial charge in [-0.25, -0.2) is 4.98 Å². The molecule has 0 amide bonds. The van der Waals surface area contributed by atoms with Gasteiger partial charge in [-0.3, -0.25) is 0 Å². The highest BCUT2D eigenvalue weighted by molar-refractivity contribution is 6.30. The fourth-order valence-corrected chi connectivity index (χ4v) is 3.49. The number of anilines is 3. The van der Waals surface area contributed by atoms with Crippen LogP contribution < -0.4 is 25.8 Å². The summed E-state index contributed by atoms with van der Waals surface area (Å²) in [7, 11) is 0. The van der Waals surface area contributed by atoms with E-state index in [1.807, 2.05) is 30.3 Å². The highest BCUT2D eigenvalue weighted by Crippen LogP contribution is 2.23. The molecule has 3 N–H and O–H groups in total. The van der Waals surface area contributed by atoms with Crippen LogP contribution in [0.2, 0.25) is 5.02 Å². The lowest BCUT2D eigenvalue weighted by Gasteiger charge is -2.19. The summed E-state index contributed by atoms with van der Waals surface area (Å²) in [4.78, 5) is 13.2. The Labute approximate surface area is 170 Å². The second-order valence-corrected chi connectivity index (χ2v) is 7.51. The van der Waals surface area contributed by atoms with Crippen LogP contribution in [-0.2, 0) is 0 Å². The lowest BCUT2D eigenvalue weighted by atomic mass is 10.2. The van der Waals surface area contributed by atoms with Gasteiger partial charge in [-0.15, -0.1) is 0 Å². The van der Waals surface area contributed by atoms with Gasteiger partial charge in [0, 0.05) is 35.7 Å². The Hall–Kier alpha value is -2.93. The number of nitrogens with zero attached hydrogens (tertiary/aromatic N) is 4. The molecule has 0 spiro atoms. The maximum atomic E-state index is 5.98. The Kier molecular flexibility index (Phi) is 5.00. The van der Waals surface area contributed by atoms with Gasteiger partial charge in [0.25, 0.3) is 0 Å². The van der Waals surface area contributed by atoms with Crippen molar-refractivity contribution in [2.75, 3.05) is 28.3 Å². The van der Waals surface area contributed by atoms with Crippen molar-refractivity contribution in [2.24, 2.45) is 0 Å². The first-order valence-electron chi connectivity index (χ1n) is 9.30. The Morgan fingerprint density at radius 3 is 2.79 bits per heavy atom. The van der Waals surface area contributed by atoms with Crippen LogP contribution in [0.15, 0.2) is 60.8 Å². The molecule has 1 aromatic carbocycles. The molecular formula is C20H24ClN7. The molecule has 1 aromatic heterocycles. The number of hydrogen-bond donors (Lipinski definition) is 3. The molecule has 4 rings (SSSR count). The zero-order valence-electron chi connectivity index (χ0n) is 16.0. The topological polar surface area (TPSA) is 68.3 Å². The first-order chi connectivity index (χ1) is 13.5. The molecule has 0 radical (unpaired) electrons. The number of hydrogen-bond acceptors (Lipinski definition) is 7. The third kappa shape index (κ3) is 3.84. The van der Waals surface area contributed by atoms with Gasteiger partial charge in [-0.05, 0) is 44.2 Å². The van der Waals surface area contributed by atoms with Crippen LogP contribution >= 0.6 is 11.6 Å². The van der Waals surface area contributed by atoms with Crippen LogP contribution in [0.25, 0.3) is 0 Å². The Bertz CT molecular complexity index is 896. The van der Waals surface area contributed by atoms with Crippen molar-refractivity contribution in [1.29, 1.82) is 0 Å². The summed E-state index contributed by atoms with van der Waals surface area (Å²) in [6.07, 6.45) is 3.86. The maximum absolute atomic E-state index is 5.98. The van der Waals surface area contributed by atoms with Crippen molar-refractivity contribution in [1.82, 2.24) is 20.6 Å². The summed E-state index contributed by atoms with van der Waals surface area (Å²) in [5, 5.41) is 10.8. The van der Waals surface area contributed by atoms with Crippen LogP contribution in [0, 0.1) is 0 Å². The van der Waals surface area contributed by atoms with E-state index in [1.165, 1.54) is 0 Å². The Morgan fingerprint density at radius 2 is 2.07 bits per heavy atom. The van der Waals surface area contributed by atoms with Gasteiger partial charge >= 0.3 is 0 Å². The van der Waals surface area contributed by atoms with E-state index in [0.29, 0.717) is 18.7 Å². The largest absolute Gasteiger partial charge is 0.368 e. The van der Waals surface area contributed by atoms with E-state index >= 15 is 0 Å². The van der Waals surface area contributed by atoms with Gasteiger partial charge in [0.15, 0.2) is 0 Å². The molecule has 8 heteroatoms.